The second-order valence-electron chi connectivity index (χ2n) is 7.43. The number of para-hydroxylation sites is 1. The van der Waals surface area contributed by atoms with Gasteiger partial charge in [-0.1, -0.05) is 48.5 Å². The molecule has 3 nitrogen and oxygen atoms in total. The molecule has 4 rings (SSSR count). The van der Waals surface area contributed by atoms with Gasteiger partial charge < -0.3 is 9.52 Å². The molecule has 0 amide bonds. The first-order valence-corrected chi connectivity index (χ1v) is 9.68. The molecule has 0 unspecified atom stereocenters. The number of alkyl halides is 3. The normalized spacial score (nSPS) is 11.7. The van der Waals surface area contributed by atoms with Crippen LogP contribution in [-0.4, -0.2) is 17.8 Å². The fraction of sp³-hybridized carbons (Fsp3) is 0.160. The molecule has 0 radical (unpaired) electrons. The summed E-state index contributed by atoms with van der Waals surface area (Å²) in [4.78, 5) is 11.3. The van der Waals surface area contributed by atoms with E-state index in [0.29, 0.717) is 22.5 Å². The first kappa shape index (κ1) is 20.7. The standard InChI is InChI=1S/C25H19F3O3/c1-15-20-9-4-10-21(17-6-3-7-18(13-17)24(29)30)23(20)31-22(15)12-16-5-2-8-19(11-16)25(27,28)14-26/h2-11,13H,12,14H2,1H3,(H,29,30). The summed E-state index contributed by atoms with van der Waals surface area (Å²) < 4.78 is 46.3. The monoisotopic (exact) mass is 424 g/mol. The average Bonchev–Trinajstić information content (AvgIpc) is 3.09. The van der Waals surface area contributed by atoms with Gasteiger partial charge in [-0.05, 0) is 41.8 Å². The van der Waals surface area contributed by atoms with Crippen molar-refractivity contribution in [2.75, 3.05) is 6.67 Å². The molecule has 3 aromatic carbocycles. The van der Waals surface area contributed by atoms with E-state index in [1.807, 2.05) is 25.1 Å². The highest BCUT2D eigenvalue weighted by Crippen LogP contribution is 2.36. The van der Waals surface area contributed by atoms with Crippen LogP contribution in [0.25, 0.3) is 22.1 Å². The van der Waals surface area contributed by atoms with Crippen LogP contribution in [-0.2, 0) is 12.3 Å². The number of rotatable bonds is 6. The van der Waals surface area contributed by atoms with Crippen molar-refractivity contribution in [1.29, 1.82) is 0 Å². The predicted octanol–water partition coefficient (Wildman–Crippen LogP) is 6.76. The van der Waals surface area contributed by atoms with E-state index < -0.39 is 18.6 Å². The van der Waals surface area contributed by atoms with Crippen molar-refractivity contribution in [2.45, 2.75) is 19.3 Å². The number of aromatic carboxylic acids is 1. The van der Waals surface area contributed by atoms with Gasteiger partial charge in [0.2, 0.25) is 0 Å². The average molecular weight is 424 g/mol. The maximum absolute atomic E-state index is 13.7. The third-order valence-electron chi connectivity index (χ3n) is 5.36. The zero-order chi connectivity index (χ0) is 22.2. The summed E-state index contributed by atoms with van der Waals surface area (Å²) in [6, 6.07) is 17.9. The van der Waals surface area contributed by atoms with E-state index in [4.69, 9.17) is 4.42 Å². The van der Waals surface area contributed by atoms with Crippen molar-refractivity contribution in [3.63, 3.8) is 0 Å². The van der Waals surface area contributed by atoms with Gasteiger partial charge in [-0.15, -0.1) is 0 Å². The Balaban J connectivity index is 1.76. The number of aryl methyl sites for hydroxylation is 1. The lowest BCUT2D eigenvalue weighted by atomic mass is 9.99. The quantitative estimate of drug-likeness (QED) is 0.372. The fourth-order valence-corrected chi connectivity index (χ4v) is 3.68. The minimum Gasteiger partial charge on any atom is -0.478 e. The van der Waals surface area contributed by atoms with Crippen LogP contribution in [0.15, 0.2) is 71.1 Å². The molecule has 4 aromatic rings. The topological polar surface area (TPSA) is 50.4 Å². The van der Waals surface area contributed by atoms with Crippen LogP contribution in [0.2, 0.25) is 0 Å². The Hall–Kier alpha value is -3.54. The minimum absolute atomic E-state index is 0.170. The molecule has 0 bridgehead atoms. The maximum atomic E-state index is 13.7. The molecule has 1 N–H and O–H groups in total. The van der Waals surface area contributed by atoms with Gasteiger partial charge in [0.15, 0.2) is 6.67 Å². The SMILES string of the molecule is Cc1c(Cc2cccc(C(F)(F)CF)c2)oc2c(-c3cccc(C(=O)O)c3)cccc12. The molecular weight excluding hydrogens is 405 g/mol. The summed E-state index contributed by atoms with van der Waals surface area (Å²) in [6.45, 7) is 0.136. The summed E-state index contributed by atoms with van der Waals surface area (Å²) in [7, 11) is 0. The van der Waals surface area contributed by atoms with Gasteiger partial charge in [-0.3, -0.25) is 0 Å². The molecule has 31 heavy (non-hydrogen) atoms. The Kier molecular flexibility index (Phi) is 5.31. The molecule has 0 aliphatic rings. The van der Waals surface area contributed by atoms with E-state index in [0.717, 1.165) is 16.5 Å². The van der Waals surface area contributed by atoms with E-state index in [1.165, 1.54) is 24.3 Å². The molecule has 158 valence electrons. The fourth-order valence-electron chi connectivity index (χ4n) is 3.68. The van der Waals surface area contributed by atoms with Gasteiger partial charge in [0.05, 0.1) is 5.56 Å². The van der Waals surface area contributed by atoms with E-state index in [-0.39, 0.29) is 17.5 Å². The number of benzene rings is 3. The predicted molar refractivity (Wildman–Crippen MR) is 112 cm³/mol. The second kappa shape index (κ2) is 7.95. The number of fused-ring (bicyclic) bond motifs is 1. The van der Waals surface area contributed by atoms with Crippen molar-refractivity contribution in [2.24, 2.45) is 0 Å². The lowest BCUT2D eigenvalue weighted by molar-refractivity contribution is -0.0281. The number of carbonyl (C=O) groups is 1. The Labute approximate surface area is 176 Å². The zero-order valence-electron chi connectivity index (χ0n) is 16.7. The van der Waals surface area contributed by atoms with E-state index in [1.54, 1.807) is 24.3 Å². The largest absolute Gasteiger partial charge is 0.478 e. The highest BCUT2D eigenvalue weighted by Gasteiger charge is 2.31. The van der Waals surface area contributed by atoms with Gasteiger partial charge in [-0.25, -0.2) is 9.18 Å². The Bertz CT molecular complexity index is 1270. The second-order valence-corrected chi connectivity index (χ2v) is 7.43. The Morgan fingerprint density at radius 2 is 1.77 bits per heavy atom. The third kappa shape index (κ3) is 3.93. The first-order valence-electron chi connectivity index (χ1n) is 9.68. The Morgan fingerprint density at radius 3 is 2.52 bits per heavy atom. The Morgan fingerprint density at radius 1 is 1.03 bits per heavy atom. The molecule has 0 aliphatic heterocycles. The summed E-state index contributed by atoms with van der Waals surface area (Å²) >= 11 is 0. The number of halogens is 3. The van der Waals surface area contributed by atoms with Crippen LogP contribution < -0.4 is 0 Å². The van der Waals surface area contributed by atoms with Crippen molar-refractivity contribution in [3.05, 3.63) is 94.7 Å². The summed E-state index contributed by atoms with van der Waals surface area (Å²) in [5, 5.41) is 10.1. The van der Waals surface area contributed by atoms with Crippen molar-refractivity contribution in [3.8, 4) is 11.1 Å². The number of carboxylic acid groups (broad SMARTS) is 1. The summed E-state index contributed by atoms with van der Waals surface area (Å²) in [6.07, 6.45) is 0.269. The smallest absolute Gasteiger partial charge is 0.335 e. The van der Waals surface area contributed by atoms with Gasteiger partial charge in [0.25, 0.3) is 0 Å². The maximum Gasteiger partial charge on any atom is 0.335 e. The van der Waals surface area contributed by atoms with E-state index >= 15 is 0 Å². The summed E-state index contributed by atoms with van der Waals surface area (Å²) in [5.41, 5.74) is 3.30. The van der Waals surface area contributed by atoms with Crippen LogP contribution in [0.4, 0.5) is 13.2 Å². The molecule has 0 spiro atoms. The van der Waals surface area contributed by atoms with Crippen molar-refractivity contribution in [1.82, 2.24) is 0 Å². The van der Waals surface area contributed by atoms with E-state index in [9.17, 15) is 23.1 Å². The highest BCUT2D eigenvalue weighted by atomic mass is 19.3. The zero-order valence-corrected chi connectivity index (χ0v) is 16.7. The van der Waals surface area contributed by atoms with Gasteiger partial charge in [0.1, 0.15) is 11.3 Å². The first-order chi connectivity index (χ1) is 14.8. The van der Waals surface area contributed by atoms with Crippen LogP contribution in [0.3, 0.4) is 0 Å². The van der Waals surface area contributed by atoms with Crippen LogP contribution >= 0.6 is 0 Å². The van der Waals surface area contributed by atoms with Crippen LogP contribution in [0.5, 0.6) is 0 Å². The molecule has 0 atom stereocenters. The lowest BCUT2D eigenvalue weighted by Crippen LogP contribution is -2.15. The summed E-state index contributed by atoms with van der Waals surface area (Å²) in [5.74, 6) is -3.94. The van der Waals surface area contributed by atoms with Gasteiger partial charge >= 0.3 is 11.9 Å². The third-order valence-corrected chi connectivity index (χ3v) is 5.36. The molecule has 0 fully saturated rings. The number of carboxylic acids is 1. The van der Waals surface area contributed by atoms with Crippen LogP contribution in [0.1, 0.15) is 32.8 Å². The molecule has 6 heteroatoms. The lowest BCUT2D eigenvalue weighted by Gasteiger charge is -2.13. The molecular formula is C25H19F3O3. The molecule has 0 saturated heterocycles. The van der Waals surface area contributed by atoms with Crippen molar-refractivity contribution < 1.29 is 27.5 Å². The van der Waals surface area contributed by atoms with Crippen molar-refractivity contribution >= 4 is 16.9 Å². The number of furan rings is 1. The molecule has 0 aliphatic carbocycles. The molecule has 1 heterocycles. The molecule has 0 saturated carbocycles. The van der Waals surface area contributed by atoms with Gasteiger partial charge in [0, 0.05) is 22.9 Å². The van der Waals surface area contributed by atoms with Crippen LogP contribution in [0, 0.1) is 6.92 Å². The number of hydrogen-bond acceptors (Lipinski definition) is 2. The molecule has 1 aromatic heterocycles. The highest BCUT2D eigenvalue weighted by molar-refractivity contribution is 5.96. The minimum atomic E-state index is -3.53. The van der Waals surface area contributed by atoms with Gasteiger partial charge in [-0.2, -0.15) is 8.78 Å². The van der Waals surface area contributed by atoms with E-state index in [2.05, 4.69) is 0 Å². The number of hydrogen-bond donors (Lipinski definition) is 1.